The number of nitrogens with zero attached hydrogens (tertiary/aromatic N) is 1. The Labute approximate surface area is 129 Å². The lowest BCUT2D eigenvalue weighted by Crippen LogP contribution is -2.46. The van der Waals surface area contributed by atoms with Crippen LogP contribution in [0, 0.1) is 5.92 Å². The third-order valence-electron chi connectivity index (χ3n) is 3.44. The molecule has 0 bridgehead atoms. The molecule has 0 fully saturated rings. The van der Waals surface area contributed by atoms with Crippen LogP contribution in [0.1, 0.15) is 13.8 Å². The number of carbonyl (C=O) groups is 1. The average molecular weight is 328 g/mol. The van der Waals surface area contributed by atoms with E-state index in [0.717, 1.165) is 0 Å². The molecule has 7 nitrogen and oxygen atoms in total. The first kappa shape index (κ1) is 16.7. The second-order valence-corrected chi connectivity index (χ2v) is 7.20. The van der Waals surface area contributed by atoms with Gasteiger partial charge in [0.05, 0.1) is 17.2 Å². The number of fused-ring (bicyclic) bond motifs is 1. The Morgan fingerprint density at radius 3 is 2.68 bits per heavy atom. The van der Waals surface area contributed by atoms with Crippen molar-refractivity contribution in [2.24, 2.45) is 5.92 Å². The van der Waals surface area contributed by atoms with Gasteiger partial charge in [0.1, 0.15) is 5.75 Å². The third kappa shape index (κ3) is 3.08. The van der Waals surface area contributed by atoms with Gasteiger partial charge in [-0.2, -0.15) is 0 Å². The van der Waals surface area contributed by atoms with Crippen LogP contribution in [-0.4, -0.2) is 45.7 Å². The van der Waals surface area contributed by atoms with Gasteiger partial charge >= 0.3 is 0 Å². The highest BCUT2D eigenvalue weighted by Gasteiger charge is 2.35. The maximum atomic E-state index is 12.3. The Kier molecular flexibility index (Phi) is 4.74. The number of likely N-dealkylation sites (N-methyl/N-ethyl adjacent to an activating group) is 1. The van der Waals surface area contributed by atoms with Crippen LogP contribution in [0.2, 0.25) is 0 Å². The molecule has 0 saturated carbocycles. The minimum absolute atomic E-state index is 0.0118. The number of aliphatic hydroxyl groups excluding tert-OH is 1. The van der Waals surface area contributed by atoms with Crippen LogP contribution >= 0.6 is 0 Å². The van der Waals surface area contributed by atoms with Gasteiger partial charge < -0.3 is 14.7 Å². The SMILES string of the molecule is CC(C)C1Oc2ccc(S(=O)(=O)NCCO)cc2N(C)C1=O. The van der Waals surface area contributed by atoms with Gasteiger partial charge in [0.25, 0.3) is 5.91 Å². The molecule has 2 rings (SSSR count). The molecule has 0 radical (unpaired) electrons. The van der Waals surface area contributed by atoms with Crippen LogP contribution in [0.25, 0.3) is 0 Å². The predicted octanol–water partition coefficient (Wildman–Crippen LogP) is 0.337. The molecule has 1 aromatic carbocycles. The molecular weight excluding hydrogens is 308 g/mol. The number of hydrogen-bond acceptors (Lipinski definition) is 5. The highest BCUT2D eigenvalue weighted by Crippen LogP contribution is 2.36. The predicted molar refractivity (Wildman–Crippen MR) is 81.4 cm³/mol. The number of anilines is 1. The molecule has 1 aromatic rings. The van der Waals surface area contributed by atoms with Crippen LogP contribution in [0.4, 0.5) is 5.69 Å². The van der Waals surface area contributed by atoms with Crippen molar-refractivity contribution in [3.05, 3.63) is 18.2 Å². The van der Waals surface area contributed by atoms with Crippen molar-refractivity contribution in [3.63, 3.8) is 0 Å². The summed E-state index contributed by atoms with van der Waals surface area (Å²) in [6.45, 7) is 3.42. The minimum Gasteiger partial charge on any atom is -0.478 e. The van der Waals surface area contributed by atoms with Gasteiger partial charge in [0.2, 0.25) is 10.0 Å². The summed E-state index contributed by atoms with van der Waals surface area (Å²) in [6.07, 6.45) is -0.576. The molecule has 1 unspecified atom stereocenters. The Balaban J connectivity index is 2.39. The van der Waals surface area contributed by atoms with Crippen molar-refractivity contribution >= 4 is 21.6 Å². The van der Waals surface area contributed by atoms with Crippen LogP contribution in [-0.2, 0) is 14.8 Å². The molecule has 1 heterocycles. The zero-order valence-corrected chi connectivity index (χ0v) is 13.6. The lowest BCUT2D eigenvalue weighted by Gasteiger charge is -2.34. The van der Waals surface area contributed by atoms with Gasteiger partial charge in [0.15, 0.2) is 6.10 Å². The maximum absolute atomic E-state index is 12.3. The fraction of sp³-hybridized carbons (Fsp3) is 0.500. The van der Waals surface area contributed by atoms with Gasteiger partial charge in [-0.15, -0.1) is 0 Å². The molecule has 0 spiro atoms. The zero-order valence-electron chi connectivity index (χ0n) is 12.7. The number of nitrogens with one attached hydrogen (secondary N) is 1. The van der Waals surface area contributed by atoms with Gasteiger partial charge in [0, 0.05) is 13.6 Å². The van der Waals surface area contributed by atoms with Crippen LogP contribution in [0.15, 0.2) is 23.1 Å². The average Bonchev–Trinajstić information content (AvgIpc) is 2.48. The number of aliphatic hydroxyl groups is 1. The number of carbonyl (C=O) groups excluding carboxylic acids is 1. The molecular formula is C14H20N2O5S. The van der Waals surface area contributed by atoms with Crippen molar-refractivity contribution in [3.8, 4) is 5.75 Å². The number of ether oxygens (including phenoxy) is 1. The first-order valence-corrected chi connectivity index (χ1v) is 8.45. The number of sulfonamides is 1. The molecule has 1 amide bonds. The van der Waals surface area contributed by atoms with E-state index in [-0.39, 0.29) is 29.9 Å². The highest BCUT2D eigenvalue weighted by atomic mass is 32.2. The van der Waals surface area contributed by atoms with Gasteiger partial charge in [-0.3, -0.25) is 4.79 Å². The molecule has 22 heavy (non-hydrogen) atoms. The van der Waals surface area contributed by atoms with E-state index in [1.807, 2.05) is 13.8 Å². The third-order valence-corrected chi connectivity index (χ3v) is 4.90. The standard InChI is InChI=1S/C14H20N2O5S/c1-9(2)13-14(18)16(3)11-8-10(4-5-12(11)21-13)22(19,20)15-6-7-17/h4-5,8-9,13,15,17H,6-7H2,1-3H3. The Hall–Kier alpha value is -1.64. The van der Waals surface area contributed by atoms with Gasteiger partial charge in [-0.05, 0) is 24.1 Å². The van der Waals surface area contributed by atoms with E-state index in [0.29, 0.717) is 11.4 Å². The second-order valence-electron chi connectivity index (χ2n) is 5.43. The smallest absolute Gasteiger partial charge is 0.268 e. The molecule has 8 heteroatoms. The molecule has 0 saturated heterocycles. The number of hydrogen-bond donors (Lipinski definition) is 2. The Morgan fingerprint density at radius 2 is 2.09 bits per heavy atom. The first-order valence-electron chi connectivity index (χ1n) is 6.96. The molecule has 1 aliphatic heterocycles. The fourth-order valence-corrected chi connectivity index (χ4v) is 3.25. The van der Waals surface area contributed by atoms with Crippen LogP contribution in [0.5, 0.6) is 5.75 Å². The number of benzene rings is 1. The van der Waals surface area contributed by atoms with Crippen molar-refractivity contribution in [2.75, 3.05) is 25.1 Å². The van der Waals surface area contributed by atoms with Crippen molar-refractivity contribution < 1.29 is 23.1 Å². The first-order chi connectivity index (χ1) is 10.3. The van der Waals surface area contributed by atoms with E-state index in [2.05, 4.69) is 4.72 Å². The lowest BCUT2D eigenvalue weighted by molar-refractivity contribution is -0.127. The summed E-state index contributed by atoms with van der Waals surface area (Å²) in [5.74, 6) is 0.278. The van der Waals surface area contributed by atoms with Gasteiger partial charge in [-0.25, -0.2) is 13.1 Å². The second kappa shape index (κ2) is 6.23. The normalized spacial score (nSPS) is 18.3. The quantitative estimate of drug-likeness (QED) is 0.812. The largest absolute Gasteiger partial charge is 0.478 e. The summed E-state index contributed by atoms with van der Waals surface area (Å²) in [4.78, 5) is 13.7. The summed E-state index contributed by atoms with van der Waals surface area (Å²) >= 11 is 0. The molecule has 1 atom stereocenters. The van der Waals surface area contributed by atoms with Crippen LogP contribution < -0.4 is 14.4 Å². The van der Waals surface area contributed by atoms with Crippen molar-refractivity contribution in [1.29, 1.82) is 0 Å². The summed E-state index contributed by atoms with van der Waals surface area (Å²) in [5.41, 5.74) is 0.411. The number of rotatable bonds is 5. The fourth-order valence-electron chi connectivity index (χ4n) is 2.21. The summed E-state index contributed by atoms with van der Waals surface area (Å²) in [7, 11) is -2.14. The molecule has 0 aliphatic carbocycles. The topological polar surface area (TPSA) is 95.9 Å². The molecule has 2 N–H and O–H groups in total. The van der Waals surface area contributed by atoms with E-state index in [1.54, 1.807) is 13.1 Å². The molecule has 0 aromatic heterocycles. The number of amides is 1. The monoisotopic (exact) mass is 328 g/mol. The molecule has 1 aliphatic rings. The zero-order chi connectivity index (χ0) is 16.5. The van der Waals surface area contributed by atoms with Gasteiger partial charge in [-0.1, -0.05) is 13.8 Å². The lowest BCUT2D eigenvalue weighted by atomic mass is 10.0. The van der Waals surface area contributed by atoms with Crippen molar-refractivity contribution in [1.82, 2.24) is 4.72 Å². The Morgan fingerprint density at radius 1 is 1.41 bits per heavy atom. The van der Waals surface area contributed by atoms with E-state index < -0.39 is 16.1 Å². The molecule has 122 valence electrons. The van der Waals surface area contributed by atoms with Crippen molar-refractivity contribution in [2.45, 2.75) is 24.8 Å². The van der Waals surface area contributed by atoms with E-state index >= 15 is 0 Å². The summed E-state index contributed by atoms with van der Waals surface area (Å²) in [6, 6.07) is 4.35. The van der Waals surface area contributed by atoms with E-state index in [1.165, 1.54) is 17.0 Å². The summed E-state index contributed by atoms with van der Waals surface area (Å²) < 4.78 is 32.1. The highest BCUT2D eigenvalue weighted by molar-refractivity contribution is 7.89. The van der Waals surface area contributed by atoms with E-state index in [4.69, 9.17) is 9.84 Å². The summed E-state index contributed by atoms with van der Waals surface area (Å²) in [5, 5.41) is 8.73. The Bertz CT molecular complexity index is 672. The van der Waals surface area contributed by atoms with E-state index in [9.17, 15) is 13.2 Å². The maximum Gasteiger partial charge on any atom is 0.268 e. The van der Waals surface area contributed by atoms with Crippen LogP contribution in [0.3, 0.4) is 0 Å². The minimum atomic E-state index is -3.73.